The van der Waals surface area contributed by atoms with Gasteiger partial charge in [-0.15, -0.1) is 0 Å². The molecule has 0 saturated carbocycles. The van der Waals surface area contributed by atoms with E-state index in [1.165, 1.54) is 13.0 Å². The third-order valence-electron chi connectivity index (χ3n) is 2.14. The summed E-state index contributed by atoms with van der Waals surface area (Å²) in [6.07, 6.45) is 0. The second-order valence-corrected chi connectivity index (χ2v) is 4.07. The summed E-state index contributed by atoms with van der Waals surface area (Å²) in [5.41, 5.74) is 1.56. The fourth-order valence-electron chi connectivity index (χ4n) is 1.43. The summed E-state index contributed by atoms with van der Waals surface area (Å²) in [6.45, 7) is 2.46. The zero-order chi connectivity index (χ0) is 12.1. The van der Waals surface area contributed by atoms with Crippen LogP contribution in [0.2, 0.25) is 0 Å². The first-order chi connectivity index (χ1) is 7.49. The van der Waals surface area contributed by atoms with Crippen LogP contribution in [0.5, 0.6) is 0 Å². The van der Waals surface area contributed by atoms with Crippen LogP contribution in [-0.4, -0.2) is 24.9 Å². The smallest absolute Gasteiger partial charge is 0.217 e. The zero-order valence-corrected chi connectivity index (χ0v) is 9.88. The van der Waals surface area contributed by atoms with E-state index >= 15 is 0 Å². The number of hydrogen-bond donors (Lipinski definition) is 1. The molecule has 0 atom stereocenters. The Kier molecular flexibility index (Phi) is 4.43. The summed E-state index contributed by atoms with van der Waals surface area (Å²) in [4.78, 5) is 12.7. The van der Waals surface area contributed by atoms with Crippen molar-refractivity contribution in [3.8, 4) is 0 Å². The fraction of sp³-hybridized carbons (Fsp3) is 0.417. The van der Waals surface area contributed by atoms with Crippen LogP contribution in [0.3, 0.4) is 0 Å². The number of carbonyl (C=O) groups excluding carboxylic acids is 1. The highest BCUT2D eigenvalue weighted by Gasteiger charge is 2.05. The van der Waals surface area contributed by atoms with Crippen LogP contribution < -0.4 is 5.32 Å². The van der Waals surface area contributed by atoms with Gasteiger partial charge in [0, 0.05) is 25.6 Å². The van der Waals surface area contributed by atoms with Crippen LogP contribution in [0, 0.1) is 5.82 Å². The minimum absolute atomic E-state index is 0.0847. The Morgan fingerprint density at radius 1 is 1.44 bits per heavy atom. The molecule has 0 fully saturated rings. The van der Waals surface area contributed by atoms with E-state index in [9.17, 15) is 9.18 Å². The van der Waals surface area contributed by atoms with Gasteiger partial charge in [0.15, 0.2) is 0 Å². The molecule has 0 aromatic heterocycles. The molecule has 0 spiro atoms. The van der Waals surface area contributed by atoms with Gasteiger partial charge in [0.05, 0.1) is 0 Å². The SMILES string of the molecule is CC(=O)NCc1ccc(F)c(CN(C)C)c1. The molecule has 0 aliphatic rings. The van der Waals surface area contributed by atoms with Crippen molar-refractivity contribution in [2.75, 3.05) is 14.1 Å². The quantitative estimate of drug-likeness (QED) is 0.841. The topological polar surface area (TPSA) is 32.3 Å². The molecule has 88 valence electrons. The number of benzene rings is 1. The van der Waals surface area contributed by atoms with Gasteiger partial charge in [-0.2, -0.15) is 0 Å². The van der Waals surface area contributed by atoms with Crippen molar-refractivity contribution in [1.29, 1.82) is 0 Å². The molecule has 1 rings (SSSR count). The van der Waals surface area contributed by atoms with Crippen molar-refractivity contribution < 1.29 is 9.18 Å². The molecule has 1 N–H and O–H groups in total. The van der Waals surface area contributed by atoms with Crippen molar-refractivity contribution in [3.63, 3.8) is 0 Å². The summed E-state index contributed by atoms with van der Waals surface area (Å²) in [5, 5.41) is 2.69. The molecule has 0 aliphatic carbocycles. The molecule has 16 heavy (non-hydrogen) atoms. The van der Waals surface area contributed by atoms with Gasteiger partial charge >= 0.3 is 0 Å². The Hall–Kier alpha value is -1.42. The third kappa shape index (κ3) is 3.98. The highest BCUT2D eigenvalue weighted by molar-refractivity contribution is 5.72. The molecule has 1 aromatic rings. The Morgan fingerprint density at radius 3 is 2.69 bits per heavy atom. The maximum absolute atomic E-state index is 13.4. The Labute approximate surface area is 95.3 Å². The predicted molar refractivity (Wildman–Crippen MR) is 61.3 cm³/mol. The van der Waals surface area contributed by atoms with Gasteiger partial charge < -0.3 is 10.2 Å². The summed E-state index contributed by atoms with van der Waals surface area (Å²) >= 11 is 0. The van der Waals surface area contributed by atoms with Gasteiger partial charge in [0.1, 0.15) is 5.82 Å². The number of rotatable bonds is 4. The van der Waals surface area contributed by atoms with Crippen molar-refractivity contribution >= 4 is 5.91 Å². The molecule has 1 amide bonds. The number of halogens is 1. The molecule has 0 aliphatic heterocycles. The maximum Gasteiger partial charge on any atom is 0.217 e. The Bertz CT molecular complexity index is 377. The van der Waals surface area contributed by atoms with Crippen LogP contribution >= 0.6 is 0 Å². The average Bonchev–Trinajstić information content (AvgIpc) is 2.18. The first-order valence-corrected chi connectivity index (χ1v) is 5.15. The summed E-state index contributed by atoms with van der Waals surface area (Å²) in [6, 6.07) is 4.91. The lowest BCUT2D eigenvalue weighted by atomic mass is 10.1. The lowest BCUT2D eigenvalue weighted by molar-refractivity contribution is -0.119. The summed E-state index contributed by atoms with van der Waals surface area (Å²) < 4.78 is 13.4. The molecule has 4 heteroatoms. The standard InChI is InChI=1S/C12H17FN2O/c1-9(16)14-7-10-4-5-12(13)11(6-10)8-15(2)3/h4-6H,7-8H2,1-3H3,(H,14,16). The van der Waals surface area contributed by atoms with Crippen LogP contribution in [0.4, 0.5) is 4.39 Å². The van der Waals surface area contributed by atoms with Gasteiger partial charge in [-0.3, -0.25) is 4.79 Å². The van der Waals surface area contributed by atoms with Gasteiger partial charge in [-0.25, -0.2) is 4.39 Å². The first-order valence-electron chi connectivity index (χ1n) is 5.15. The zero-order valence-electron chi connectivity index (χ0n) is 9.88. The fourth-order valence-corrected chi connectivity index (χ4v) is 1.43. The van der Waals surface area contributed by atoms with Gasteiger partial charge in [0.2, 0.25) is 5.91 Å². The molecule has 0 unspecified atom stereocenters. The van der Waals surface area contributed by atoms with Gasteiger partial charge in [-0.1, -0.05) is 6.07 Å². The molecule has 3 nitrogen and oxygen atoms in total. The Balaban J connectivity index is 2.76. The van der Waals surface area contributed by atoms with E-state index in [1.54, 1.807) is 12.1 Å². The van der Waals surface area contributed by atoms with Crippen LogP contribution in [0.25, 0.3) is 0 Å². The lowest BCUT2D eigenvalue weighted by Crippen LogP contribution is -2.19. The van der Waals surface area contributed by atoms with E-state index in [0.717, 1.165) is 5.56 Å². The van der Waals surface area contributed by atoms with E-state index < -0.39 is 0 Å². The van der Waals surface area contributed by atoms with Gasteiger partial charge in [0.25, 0.3) is 0 Å². The molecular weight excluding hydrogens is 207 g/mol. The van der Waals surface area contributed by atoms with E-state index in [2.05, 4.69) is 5.32 Å². The van der Waals surface area contributed by atoms with Crippen LogP contribution in [0.15, 0.2) is 18.2 Å². The third-order valence-corrected chi connectivity index (χ3v) is 2.14. The van der Waals surface area contributed by atoms with E-state index in [1.807, 2.05) is 19.0 Å². The van der Waals surface area contributed by atoms with Crippen LogP contribution in [-0.2, 0) is 17.9 Å². The number of carbonyl (C=O) groups is 1. The van der Waals surface area contributed by atoms with E-state index in [0.29, 0.717) is 18.7 Å². The molecule has 0 bridgehead atoms. The summed E-state index contributed by atoms with van der Waals surface area (Å²) in [5.74, 6) is -0.293. The number of nitrogens with zero attached hydrogens (tertiary/aromatic N) is 1. The highest BCUT2D eigenvalue weighted by atomic mass is 19.1. The second kappa shape index (κ2) is 5.61. The minimum Gasteiger partial charge on any atom is -0.352 e. The van der Waals surface area contributed by atoms with Crippen LogP contribution in [0.1, 0.15) is 18.1 Å². The van der Waals surface area contributed by atoms with Crippen molar-refractivity contribution in [3.05, 3.63) is 35.1 Å². The number of nitrogens with one attached hydrogen (secondary N) is 1. The molecule has 1 aromatic carbocycles. The first kappa shape index (κ1) is 12.6. The molecule has 0 saturated heterocycles. The number of hydrogen-bond acceptors (Lipinski definition) is 2. The number of amides is 1. The molecular formula is C12H17FN2O. The normalized spacial score (nSPS) is 10.6. The monoisotopic (exact) mass is 224 g/mol. The molecule has 0 radical (unpaired) electrons. The van der Waals surface area contributed by atoms with Crippen molar-refractivity contribution in [1.82, 2.24) is 10.2 Å². The maximum atomic E-state index is 13.4. The second-order valence-electron chi connectivity index (χ2n) is 4.07. The largest absolute Gasteiger partial charge is 0.352 e. The van der Waals surface area contributed by atoms with E-state index in [4.69, 9.17) is 0 Å². The van der Waals surface area contributed by atoms with Crippen molar-refractivity contribution in [2.45, 2.75) is 20.0 Å². The Morgan fingerprint density at radius 2 is 2.12 bits per heavy atom. The minimum atomic E-state index is -0.208. The van der Waals surface area contributed by atoms with Gasteiger partial charge in [-0.05, 0) is 31.8 Å². The highest BCUT2D eigenvalue weighted by Crippen LogP contribution is 2.12. The lowest BCUT2D eigenvalue weighted by Gasteiger charge is -2.12. The average molecular weight is 224 g/mol. The van der Waals surface area contributed by atoms with E-state index in [-0.39, 0.29) is 11.7 Å². The summed E-state index contributed by atoms with van der Waals surface area (Å²) in [7, 11) is 3.78. The molecule has 0 heterocycles. The predicted octanol–water partition coefficient (Wildman–Crippen LogP) is 1.52. The van der Waals surface area contributed by atoms with Crippen molar-refractivity contribution in [2.24, 2.45) is 0 Å².